The molecule has 3 rings (SSSR count). The molecule has 0 saturated carbocycles. The standard InChI is InChI=1S/C18H19NO/c1-12-7-8-15(11-13(12)2)18(20)19-17-10-9-14-5-3-4-6-16(14)17/h3-8,11,17H,9-10H2,1-2H3,(H,19,20). The first-order valence-corrected chi connectivity index (χ1v) is 7.11. The molecule has 0 fully saturated rings. The number of hydrogen-bond acceptors (Lipinski definition) is 1. The Bertz CT molecular complexity index is 660. The van der Waals surface area contributed by atoms with E-state index in [9.17, 15) is 4.79 Å². The Balaban J connectivity index is 1.79. The minimum absolute atomic E-state index is 0.0230. The molecule has 0 aliphatic heterocycles. The first-order valence-electron chi connectivity index (χ1n) is 7.11. The van der Waals surface area contributed by atoms with Crippen LogP contribution in [-0.2, 0) is 6.42 Å². The fourth-order valence-corrected chi connectivity index (χ4v) is 2.83. The molecule has 20 heavy (non-hydrogen) atoms. The Kier molecular flexibility index (Phi) is 3.31. The highest BCUT2D eigenvalue weighted by molar-refractivity contribution is 5.94. The number of fused-ring (bicyclic) bond motifs is 1. The number of nitrogens with one attached hydrogen (secondary N) is 1. The summed E-state index contributed by atoms with van der Waals surface area (Å²) in [5.74, 6) is 0.0230. The molecule has 1 aliphatic rings. The van der Waals surface area contributed by atoms with Crippen molar-refractivity contribution in [1.29, 1.82) is 0 Å². The van der Waals surface area contributed by atoms with Crippen molar-refractivity contribution >= 4 is 5.91 Å². The van der Waals surface area contributed by atoms with E-state index in [1.165, 1.54) is 16.7 Å². The first kappa shape index (κ1) is 12.9. The monoisotopic (exact) mass is 265 g/mol. The maximum absolute atomic E-state index is 12.4. The Labute approximate surface area is 119 Å². The van der Waals surface area contributed by atoms with Crippen molar-refractivity contribution in [3.63, 3.8) is 0 Å². The van der Waals surface area contributed by atoms with E-state index in [1.807, 2.05) is 31.2 Å². The maximum atomic E-state index is 12.4. The van der Waals surface area contributed by atoms with Crippen molar-refractivity contribution in [2.75, 3.05) is 0 Å². The van der Waals surface area contributed by atoms with Crippen LogP contribution in [0.25, 0.3) is 0 Å². The molecule has 2 nitrogen and oxygen atoms in total. The predicted molar refractivity (Wildman–Crippen MR) is 80.9 cm³/mol. The van der Waals surface area contributed by atoms with E-state index in [4.69, 9.17) is 0 Å². The van der Waals surface area contributed by atoms with Crippen LogP contribution in [-0.4, -0.2) is 5.91 Å². The zero-order chi connectivity index (χ0) is 14.1. The van der Waals surface area contributed by atoms with Gasteiger partial charge in [0, 0.05) is 5.56 Å². The van der Waals surface area contributed by atoms with Crippen molar-refractivity contribution in [3.05, 3.63) is 70.3 Å². The second-order valence-electron chi connectivity index (χ2n) is 5.56. The molecule has 0 saturated heterocycles. The normalized spacial score (nSPS) is 16.8. The lowest BCUT2D eigenvalue weighted by atomic mass is 10.0. The third kappa shape index (κ3) is 2.34. The van der Waals surface area contributed by atoms with Crippen molar-refractivity contribution in [1.82, 2.24) is 5.32 Å². The minimum Gasteiger partial charge on any atom is -0.345 e. The summed E-state index contributed by atoms with van der Waals surface area (Å²) >= 11 is 0. The number of rotatable bonds is 2. The van der Waals surface area contributed by atoms with Crippen LogP contribution < -0.4 is 5.32 Å². The molecule has 0 aromatic heterocycles. The van der Waals surface area contributed by atoms with Gasteiger partial charge in [-0.05, 0) is 61.1 Å². The van der Waals surface area contributed by atoms with Crippen molar-refractivity contribution in [2.24, 2.45) is 0 Å². The van der Waals surface area contributed by atoms with Gasteiger partial charge < -0.3 is 5.32 Å². The lowest BCUT2D eigenvalue weighted by Gasteiger charge is -2.14. The molecule has 0 radical (unpaired) electrons. The molecule has 2 heteroatoms. The van der Waals surface area contributed by atoms with E-state index >= 15 is 0 Å². The molecule has 1 atom stereocenters. The Morgan fingerprint density at radius 2 is 1.90 bits per heavy atom. The van der Waals surface area contributed by atoms with E-state index < -0.39 is 0 Å². The third-order valence-electron chi connectivity index (χ3n) is 4.21. The molecule has 0 bridgehead atoms. The molecule has 1 amide bonds. The SMILES string of the molecule is Cc1ccc(C(=O)NC2CCc3ccccc32)cc1C. The molecule has 1 N–H and O–H groups in total. The van der Waals surface area contributed by atoms with Crippen molar-refractivity contribution in [2.45, 2.75) is 32.7 Å². The van der Waals surface area contributed by atoms with Crippen LogP contribution in [0.15, 0.2) is 42.5 Å². The lowest BCUT2D eigenvalue weighted by molar-refractivity contribution is 0.0936. The highest BCUT2D eigenvalue weighted by Crippen LogP contribution is 2.30. The topological polar surface area (TPSA) is 29.1 Å². The maximum Gasteiger partial charge on any atom is 0.251 e. The molecule has 0 heterocycles. The van der Waals surface area contributed by atoms with Gasteiger partial charge in [0.25, 0.3) is 5.91 Å². The van der Waals surface area contributed by atoms with E-state index in [0.29, 0.717) is 0 Å². The second kappa shape index (κ2) is 5.12. The number of benzene rings is 2. The zero-order valence-corrected chi connectivity index (χ0v) is 11.9. The summed E-state index contributed by atoms with van der Waals surface area (Å²) < 4.78 is 0. The number of carbonyl (C=O) groups excluding carboxylic acids is 1. The molecule has 0 spiro atoms. The van der Waals surface area contributed by atoms with Crippen LogP contribution in [0.5, 0.6) is 0 Å². The predicted octanol–water partition coefficient (Wildman–Crippen LogP) is 3.72. The Morgan fingerprint density at radius 1 is 1.10 bits per heavy atom. The van der Waals surface area contributed by atoms with Gasteiger partial charge in [-0.3, -0.25) is 4.79 Å². The third-order valence-corrected chi connectivity index (χ3v) is 4.21. The minimum atomic E-state index is 0.0230. The summed E-state index contributed by atoms with van der Waals surface area (Å²) in [7, 11) is 0. The van der Waals surface area contributed by atoms with Gasteiger partial charge in [-0.15, -0.1) is 0 Å². The Morgan fingerprint density at radius 3 is 2.70 bits per heavy atom. The summed E-state index contributed by atoms with van der Waals surface area (Å²) in [4.78, 5) is 12.4. The van der Waals surface area contributed by atoms with Gasteiger partial charge in [0.2, 0.25) is 0 Å². The van der Waals surface area contributed by atoms with E-state index in [-0.39, 0.29) is 11.9 Å². The van der Waals surface area contributed by atoms with Crippen molar-refractivity contribution < 1.29 is 4.79 Å². The summed E-state index contributed by atoms with van der Waals surface area (Å²) in [5.41, 5.74) is 5.75. The van der Waals surface area contributed by atoms with Crippen molar-refractivity contribution in [3.8, 4) is 0 Å². The average molecular weight is 265 g/mol. The van der Waals surface area contributed by atoms with E-state index in [0.717, 1.165) is 24.0 Å². The van der Waals surface area contributed by atoms with Crippen LogP contribution in [0.2, 0.25) is 0 Å². The summed E-state index contributed by atoms with van der Waals surface area (Å²) in [5, 5.41) is 3.16. The molecule has 2 aromatic rings. The van der Waals surface area contributed by atoms with Gasteiger partial charge in [0.15, 0.2) is 0 Å². The number of carbonyl (C=O) groups is 1. The van der Waals surface area contributed by atoms with Crippen LogP contribution in [0.4, 0.5) is 0 Å². The largest absolute Gasteiger partial charge is 0.345 e. The van der Waals surface area contributed by atoms with E-state index in [1.54, 1.807) is 0 Å². The van der Waals surface area contributed by atoms with Crippen LogP contribution in [0.1, 0.15) is 45.1 Å². The number of amides is 1. The molecular formula is C18H19NO. The highest BCUT2D eigenvalue weighted by atomic mass is 16.1. The summed E-state index contributed by atoms with van der Waals surface area (Å²) in [6.07, 6.45) is 2.05. The average Bonchev–Trinajstić information content (AvgIpc) is 2.85. The molecule has 102 valence electrons. The van der Waals surface area contributed by atoms with Gasteiger partial charge in [-0.25, -0.2) is 0 Å². The fraction of sp³-hybridized carbons (Fsp3) is 0.278. The van der Waals surface area contributed by atoms with Gasteiger partial charge in [0.05, 0.1) is 6.04 Å². The lowest BCUT2D eigenvalue weighted by Crippen LogP contribution is -2.27. The quantitative estimate of drug-likeness (QED) is 0.881. The molecule has 1 aliphatic carbocycles. The van der Waals surface area contributed by atoms with Gasteiger partial charge in [-0.1, -0.05) is 30.3 Å². The number of aryl methyl sites for hydroxylation is 3. The second-order valence-corrected chi connectivity index (χ2v) is 5.56. The first-order chi connectivity index (χ1) is 9.65. The van der Waals surface area contributed by atoms with Gasteiger partial charge in [-0.2, -0.15) is 0 Å². The Hall–Kier alpha value is -2.09. The molecule has 2 aromatic carbocycles. The van der Waals surface area contributed by atoms with Gasteiger partial charge >= 0.3 is 0 Å². The fourth-order valence-electron chi connectivity index (χ4n) is 2.83. The molecule has 1 unspecified atom stereocenters. The van der Waals surface area contributed by atoms with Crippen LogP contribution in [0, 0.1) is 13.8 Å². The van der Waals surface area contributed by atoms with Crippen LogP contribution in [0.3, 0.4) is 0 Å². The smallest absolute Gasteiger partial charge is 0.251 e. The zero-order valence-electron chi connectivity index (χ0n) is 11.9. The van der Waals surface area contributed by atoms with Crippen LogP contribution >= 0.6 is 0 Å². The summed E-state index contributed by atoms with van der Waals surface area (Å²) in [6.45, 7) is 4.10. The van der Waals surface area contributed by atoms with Gasteiger partial charge in [0.1, 0.15) is 0 Å². The highest BCUT2D eigenvalue weighted by Gasteiger charge is 2.23. The molecular weight excluding hydrogens is 246 g/mol. The number of hydrogen-bond donors (Lipinski definition) is 1. The summed E-state index contributed by atoms with van der Waals surface area (Å²) in [6, 6.07) is 14.4. The van der Waals surface area contributed by atoms with E-state index in [2.05, 4.69) is 30.4 Å².